The fourth-order valence-electron chi connectivity index (χ4n) is 1.66. The lowest BCUT2D eigenvalue weighted by Crippen LogP contribution is -2.35. The average Bonchev–Trinajstić information content (AvgIpc) is 2.35. The molecular weight excluding hydrogens is 284 g/mol. The Morgan fingerprint density at radius 3 is 2.25 bits per heavy atom. The smallest absolute Gasteiger partial charge is 0.269 e. The van der Waals surface area contributed by atoms with Crippen molar-refractivity contribution in [1.82, 2.24) is 0 Å². The molecule has 0 N–H and O–H groups in total. The van der Waals surface area contributed by atoms with Crippen LogP contribution in [0.25, 0.3) is 0 Å². The quantitative estimate of drug-likeness (QED) is 0.591. The molecular formula is C12H16N2O5S. The van der Waals surface area contributed by atoms with Crippen LogP contribution < -0.4 is 4.31 Å². The van der Waals surface area contributed by atoms with Crippen molar-refractivity contribution in [3.05, 3.63) is 34.4 Å². The summed E-state index contributed by atoms with van der Waals surface area (Å²) in [6, 6.07) is 4.84. The minimum Gasteiger partial charge on any atom is -0.273 e. The molecule has 0 fully saturated rings. The summed E-state index contributed by atoms with van der Waals surface area (Å²) in [5.41, 5.74) is -0.0533. The van der Waals surface area contributed by atoms with Crippen molar-refractivity contribution < 1.29 is 18.1 Å². The predicted molar refractivity (Wildman–Crippen MR) is 75.0 cm³/mol. The number of nitro groups is 1. The maximum atomic E-state index is 12.0. The van der Waals surface area contributed by atoms with Crippen LogP contribution in [0, 0.1) is 10.1 Å². The SMILES string of the molecule is CCCCC(=O)N(c1ccc([N+](=O)[O-])cc1)S(C)(=O)=O. The molecule has 0 saturated carbocycles. The van der Waals surface area contributed by atoms with Gasteiger partial charge in [-0.25, -0.2) is 12.7 Å². The first kappa shape index (κ1) is 16.1. The van der Waals surface area contributed by atoms with Crippen molar-refractivity contribution in [2.45, 2.75) is 26.2 Å². The molecule has 7 nitrogen and oxygen atoms in total. The third-order valence-corrected chi connectivity index (χ3v) is 3.68. The number of nitrogens with zero attached hydrogens (tertiary/aromatic N) is 2. The molecule has 0 saturated heterocycles. The molecule has 0 radical (unpaired) electrons. The summed E-state index contributed by atoms with van der Waals surface area (Å²) < 4.78 is 24.1. The van der Waals surface area contributed by atoms with Gasteiger partial charge >= 0.3 is 0 Å². The zero-order valence-electron chi connectivity index (χ0n) is 11.3. The van der Waals surface area contributed by atoms with E-state index in [0.717, 1.165) is 12.7 Å². The van der Waals surface area contributed by atoms with E-state index in [2.05, 4.69) is 0 Å². The molecule has 1 aromatic rings. The Hall–Kier alpha value is -1.96. The van der Waals surface area contributed by atoms with Crippen LogP contribution in [0.3, 0.4) is 0 Å². The largest absolute Gasteiger partial charge is 0.273 e. The van der Waals surface area contributed by atoms with Gasteiger partial charge in [-0.2, -0.15) is 0 Å². The highest BCUT2D eigenvalue weighted by molar-refractivity contribution is 7.92. The van der Waals surface area contributed by atoms with Gasteiger partial charge in [0.2, 0.25) is 15.9 Å². The van der Waals surface area contributed by atoms with Crippen molar-refractivity contribution in [2.75, 3.05) is 10.6 Å². The summed E-state index contributed by atoms with van der Waals surface area (Å²) in [5, 5.41) is 10.6. The Labute approximate surface area is 117 Å². The number of hydrogen-bond donors (Lipinski definition) is 0. The summed E-state index contributed by atoms with van der Waals surface area (Å²) in [4.78, 5) is 22.0. The van der Waals surface area contributed by atoms with E-state index in [0.29, 0.717) is 10.7 Å². The Balaban J connectivity index is 3.12. The van der Waals surface area contributed by atoms with E-state index in [4.69, 9.17) is 0 Å². The molecule has 20 heavy (non-hydrogen) atoms. The number of carbonyl (C=O) groups excluding carboxylic acids is 1. The first-order chi connectivity index (χ1) is 9.27. The first-order valence-corrected chi connectivity index (χ1v) is 7.89. The van der Waals surface area contributed by atoms with Gasteiger partial charge in [0, 0.05) is 18.6 Å². The normalized spacial score (nSPS) is 11.1. The first-order valence-electron chi connectivity index (χ1n) is 6.05. The van der Waals surface area contributed by atoms with E-state index in [1.54, 1.807) is 0 Å². The van der Waals surface area contributed by atoms with E-state index >= 15 is 0 Å². The van der Waals surface area contributed by atoms with Gasteiger partial charge in [-0.15, -0.1) is 0 Å². The maximum absolute atomic E-state index is 12.0. The lowest BCUT2D eigenvalue weighted by molar-refractivity contribution is -0.384. The van der Waals surface area contributed by atoms with Crippen LogP contribution >= 0.6 is 0 Å². The standard InChI is InChI=1S/C12H16N2O5S/c1-3-4-5-12(15)13(20(2,18)19)10-6-8-11(9-7-10)14(16)17/h6-9H,3-5H2,1-2H3. The van der Waals surface area contributed by atoms with Crippen LogP contribution in [0.1, 0.15) is 26.2 Å². The number of carbonyl (C=O) groups is 1. The average molecular weight is 300 g/mol. The molecule has 1 amide bonds. The lowest BCUT2D eigenvalue weighted by Gasteiger charge is -2.20. The zero-order chi connectivity index (χ0) is 15.3. The highest BCUT2D eigenvalue weighted by atomic mass is 32.2. The molecule has 0 atom stereocenters. The van der Waals surface area contributed by atoms with Crippen LogP contribution in [-0.4, -0.2) is 25.5 Å². The summed E-state index contributed by atoms with van der Waals surface area (Å²) >= 11 is 0. The monoisotopic (exact) mass is 300 g/mol. The summed E-state index contributed by atoms with van der Waals surface area (Å²) in [6.07, 6.45) is 2.39. The summed E-state index contributed by atoms with van der Waals surface area (Å²) in [6.45, 7) is 1.89. The summed E-state index contributed by atoms with van der Waals surface area (Å²) in [5.74, 6) is -0.539. The van der Waals surface area contributed by atoms with E-state index in [1.165, 1.54) is 24.3 Å². The number of benzene rings is 1. The highest BCUT2D eigenvalue weighted by Gasteiger charge is 2.25. The fraction of sp³-hybridized carbons (Fsp3) is 0.417. The highest BCUT2D eigenvalue weighted by Crippen LogP contribution is 2.22. The predicted octanol–water partition coefficient (Wildman–Crippen LogP) is 2.08. The van der Waals surface area contributed by atoms with E-state index in [1.807, 2.05) is 6.92 Å². The molecule has 1 aromatic carbocycles. The van der Waals surface area contributed by atoms with Crippen LogP contribution in [0.2, 0.25) is 0 Å². The molecule has 0 aliphatic heterocycles. The minimum absolute atomic E-state index is 0.110. The molecule has 8 heteroatoms. The molecule has 0 aromatic heterocycles. The number of sulfonamides is 1. The second-order valence-electron chi connectivity index (χ2n) is 4.30. The zero-order valence-corrected chi connectivity index (χ0v) is 12.1. The number of hydrogen-bond acceptors (Lipinski definition) is 5. The van der Waals surface area contributed by atoms with Gasteiger partial charge in [-0.05, 0) is 18.6 Å². The number of amides is 1. The minimum atomic E-state index is -3.77. The maximum Gasteiger partial charge on any atom is 0.269 e. The van der Waals surface area contributed by atoms with Crippen LogP contribution in [0.15, 0.2) is 24.3 Å². The van der Waals surface area contributed by atoms with Crippen LogP contribution in [0.4, 0.5) is 11.4 Å². The number of non-ortho nitro benzene ring substituents is 1. The Kier molecular flexibility index (Phi) is 5.20. The van der Waals surface area contributed by atoms with E-state index < -0.39 is 20.9 Å². The number of nitro benzene ring substituents is 1. The van der Waals surface area contributed by atoms with Gasteiger partial charge in [0.15, 0.2) is 0 Å². The van der Waals surface area contributed by atoms with Gasteiger partial charge in [0.1, 0.15) is 0 Å². The second-order valence-corrected chi connectivity index (χ2v) is 6.13. The number of anilines is 1. The van der Waals surface area contributed by atoms with Crippen molar-refractivity contribution >= 4 is 27.3 Å². The molecule has 0 spiro atoms. The van der Waals surface area contributed by atoms with Crippen LogP contribution in [-0.2, 0) is 14.8 Å². The Morgan fingerprint density at radius 2 is 1.85 bits per heavy atom. The van der Waals surface area contributed by atoms with Crippen molar-refractivity contribution in [3.63, 3.8) is 0 Å². The number of rotatable bonds is 6. The topological polar surface area (TPSA) is 97.6 Å². The fourth-order valence-corrected chi connectivity index (χ4v) is 2.63. The van der Waals surface area contributed by atoms with E-state index in [9.17, 15) is 23.3 Å². The second kappa shape index (κ2) is 6.47. The molecule has 0 aliphatic rings. The molecule has 0 bridgehead atoms. The Morgan fingerprint density at radius 1 is 1.30 bits per heavy atom. The molecule has 0 heterocycles. The molecule has 0 aliphatic carbocycles. The molecule has 110 valence electrons. The van der Waals surface area contributed by atoms with Gasteiger partial charge in [0.05, 0.1) is 16.9 Å². The van der Waals surface area contributed by atoms with E-state index in [-0.39, 0.29) is 17.8 Å². The van der Waals surface area contributed by atoms with Crippen molar-refractivity contribution in [2.24, 2.45) is 0 Å². The third-order valence-electron chi connectivity index (χ3n) is 2.60. The summed E-state index contributed by atoms with van der Waals surface area (Å²) in [7, 11) is -3.77. The van der Waals surface area contributed by atoms with Gasteiger partial charge in [-0.3, -0.25) is 14.9 Å². The van der Waals surface area contributed by atoms with Gasteiger partial charge in [0.25, 0.3) is 5.69 Å². The lowest BCUT2D eigenvalue weighted by atomic mass is 10.2. The third kappa shape index (κ3) is 4.02. The van der Waals surface area contributed by atoms with Gasteiger partial charge in [-0.1, -0.05) is 13.3 Å². The molecule has 1 rings (SSSR count). The van der Waals surface area contributed by atoms with Gasteiger partial charge < -0.3 is 0 Å². The number of unbranched alkanes of at least 4 members (excludes halogenated alkanes) is 1. The van der Waals surface area contributed by atoms with Crippen molar-refractivity contribution in [3.8, 4) is 0 Å². The molecule has 0 unspecified atom stereocenters. The van der Waals surface area contributed by atoms with Crippen LogP contribution in [0.5, 0.6) is 0 Å². The Bertz CT molecular complexity index is 595. The van der Waals surface area contributed by atoms with Crippen molar-refractivity contribution in [1.29, 1.82) is 0 Å².